The van der Waals surface area contributed by atoms with E-state index in [4.69, 9.17) is 11.6 Å². The maximum atomic E-state index is 12.2. The van der Waals surface area contributed by atoms with Crippen molar-refractivity contribution in [3.8, 4) is 10.7 Å². The number of aromatic nitrogens is 3. The van der Waals surface area contributed by atoms with Gasteiger partial charge in [-0.1, -0.05) is 47.6 Å². The van der Waals surface area contributed by atoms with Gasteiger partial charge >= 0.3 is 0 Å². The summed E-state index contributed by atoms with van der Waals surface area (Å²) >= 11 is 9.20. The molecule has 2 aromatic heterocycles. The Labute approximate surface area is 164 Å². The fourth-order valence-corrected chi connectivity index (χ4v) is 4.37. The molecule has 1 aliphatic carbocycles. The van der Waals surface area contributed by atoms with E-state index in [1.807, 2.05) is 35.7 Å². The lowest BCUT2D eigenvalue weighted by atomic mass is 10.2. The number of thioether (sulfide) groups is 1. The Morgan fingerprint density at radius 2 is 2.12 bits per heavy atom. The first-order valence-electron chi connectivity index (χ1n) is 8.34. The van der Waals surface area contributed by atoms with E-state index in [0.717, 1.165) is 34.3 Å². The van der Waals surface area contributed by atoms with Crippen molar-refractivity contribution in [1.82, 2.24) is 20.1 Å². The van der Waals surface area contributed by atoms with Gasteiger partial charge in [-0.3, -0.25) is 9.36 Å². The first-order chi connectivity index (χ1) is 12.7. The predicted octanol–water partition coefficient (Wildman–Crippen LogP) is 4.40. The van der Waals surface area contributed by atoms with Gasteiger partial charge in [0.05, 0.1) is 10.6 Å². The van der Waals surface area contributed by atoms with E-state index in [2.05, 4.69) is 26.1 Å². The number of halogens is 1. The molecule has 134 valence electrons. The number of amides is 1. The van der Waals surface area contributed by atoms with Gasteiger partial charge in [0, 0.05) is 17.6 Å². The highest BCUT2D eigenvalue weighted by Crippen LogP contribution is 2.41. The quantitative estimate of drug-likeness (QED) is 0.593. The smallest absolute Gasteiger partial charge is 0.230 e. The summed E-state index contributed by atoms with van der Waals surface area (Å²) in [6.45, 7) is 0.425. The zero-order valence-electron chi connectivity index (χ0n) is 13.9. The van der Waals surface area contributed by atoms with Crippen molar-refractivity contribution in [3.63, 3.8) is 0 Å². The average Bonchev–Trinajstić information content (AvgIpc) is 3.17. The lowest BCUT2D eigenvalue weighted by molar-refractivity contribution is -0.118. The molecule has 0 aliphatic heterocycles. The number of nitrogens with one attached hydrogen (secondary N) is 1. The second-order valence-corrected chi connectivity index (χ2v) is 8.34. The Hall–Kier alpha value is -1.83. The second kappa shape index (κ2) is 7.82. The first-order valence-corrected chi connectivity index (χ1v) is 10.6. The van der Waals surface area contributed by atoms with Crippen molar-refractivity contribution in [1.29, 1.82) is 0 Å². The van der Waals surface area contributed by atoms with Gasteiger partial charge in [-0.15, -0.1) is 21.5 Å². The molecule has 8 heteroatoms. The highest BCUT2D eigenvalue weighted by atomic mass is 35.5. The minimum Gasteiger partial charge on any atom is -0.351 e. The highest BCUT2D eigenvalue weighted by molar-refractivity contribution is 7.99. The Kier molecular flexibility index (Phi) is 5.28. The molecule has 3 aromatic rings. The fraction of sp³-hybridized carbons (Fsp3) is 0.278. The Morgan fingerprint density at radius 3 is 2.85 bits per heavy atom. The third-order valence-electron chi connectivity index (χ3n) is 4.08. The summed E-state index contributed by atoms with van der Waals surface area (Å²) in [5.41, 5.74) is 0.911. The highest BCUT2D eigenvalue weighted by Gasteiger charge is 2.30. The number of hydrogen-bond donors (Lipinski definition) is 1. The molecule has 4 rings (SSSR count). The van der Waals surface area contributed by atoms with Crippen molar-refractivity contribution in [2.75, 3.05) is 5.75 Å². The van der Waals surface area contributed by atoms with Crippen LogP contribution < -0.4 is 5.32 Å². The van der Waals surface area contributed by atoms with Gasteiger partial charge in [0.2, 0.25) is 5.91 Å². The maximum absolute atomic E-state index is 12.2. The lowest BCUT2D eigenvalue weighted by Crippen LogP contribution is -2.24. The Bertz CT molecular complexity index is 906. The van der Waals surface area contributed by atoms with Crippen molar-refractivity contribution in [2.45, 2.75) is 30.6 Å². The van der Waals surface area contributed by atoms with Crippen LogP contribution in [0, 0.1) is 0 Å². The number of benzene rings is 1. The minimum absolute atomic E-state index is 0.0436. The van der Waals surface area contributed by atoms with Crippen LogP contribution in [-0.2, 0) is 11.3 Å². The molecule has 1 N–H and O–H groups in total. The van der Waals surface area contributed by atoms with Crippen LogP contribution in [0.4, 0.5) is 0 Å². The van der Waals surface area contributed by atoms with E-state index in [1.54, 1.807) is 11.3 Å². The van der Waals surface area contributed by atoms with Crippen LogP contribution in [-0.4, -0.2) is 26.4 Å². The molecule has 0 unspecified atom stereocenters. The van der Waals surface area contributed by atoms with Crippen molar-refractivity contribution in [2.24, 2.45) is 0 Å². The molecule has 1 fully saturated rings. The van der Waals surface area contributed by atoms with Crippen LogP contribution in [0.15, 0.2) is 46.9 Å². The van der Waals surface area contributed by atoms with Gasteiger partial charge in [0.1, 0.15) is 0 Å². The van der Waals surface area contributed by atoms with Crippen LogP contribution in [0.3, 0.4) is 0 Å². The molecule has 0 atom stereocenters. The molecular formula is C18H17ClN4OS2. The summed E-state index contributed by atoms with van der Waals surface area (Å²) in [6, 6.07) is 12.0. The third-order valence-corrected chi connectivity index (χ3v) is 6.26. The number of nitrogens with zero attached hydrogens (tertiary/aromatic N) is 3. The molecule has 1 aliphatic rings. The number of hydrogen-bond acceptors (Lipinski definition) is 5. The van der Waals surface area contributed by atoms with E-state index in [0.29, 0.717) is 23.4 Å². The predicted molar refractivity (Wildman–Crippen MR) is 106 cm³/mol. The molecule has 1 aromatic carbocycles. The van der Waals surface area contributed by atoms with E-state index < -0.39 is 0 Å². The summed E-state index contributed by atoms with van der Waals surface area (Å²) < 4.78 is 2.18. The van der Waals surface area contributed by atoms with Gasteiger partial charge in [0.25, 0.3) is 0 Å². The summed E-state index contributed by atoms with van der Waals surface area (Å²) in [6.07, 6.45) is 2.28. The van der Waals surface area contributed by atoms with Crippen LogP contribution in [0.25, 0.3) is 10.7 Å². The minimum atomic E-state index is -0.0436. The van der Waals surface area contributed by atoms with Gasteiger partial charge in [-0.2, -0.15) is 0 Å². The number of carbonyl (C=O) groups is 1. The van der Waals surface area contributed by atoms with Crippen LogP contribution in [0.1, 0.15) is 24.4 Å². The third kappa shape index (κ3) is 3.95. The van der Waals surface area contributed by atoms with Crippen LogP contribution >= 0.6 is 34.7 Å². The SMILES string of the molecule is O=C(CSc1nnc(-c2cccs2)n1C1CC1)NCc1ccccc1Cl. The molecule has 2 heterocycles. The molecule has 0 saturated heterocycles. The molecule has 5 nitrogen and oxygen atoms in total. The topological polar surface area (TPSA) is 59.8 Å². The molecule has 26 heavy (non-hydrogen) atoms. The van der Waals surface area contributed by atoms with Gasteiger partial charge in [0.15, 0.2) is 11.0 Å². The molecule has 1 saturated carbocycles. The second-order valence-electron chi connectivity index (χ2n) is 6.04. The summed E-state index contributed by atoms with van der Waals surface area (Å²) in [5.74, 6) is 1.17. The lowest BCUT2D eigenvalue weighted by Gasteiger charge is -2.09. The molecule has 1 amide bonds. The van der Waals surface area contributed by atoms with Crippen molar-refractivity contribution < 1.29 is 4.79 Å². The molecule has 0 radical (unpaired) electrons. The normalized spacial score (nSPS) is 13.7. The van der Waals surface area contributed by atoms with E-state index in [9.17, 15) is 4.79 Å². The summed E-state index contributed by atoms with van der Waals surface area (Å²) in [7, 11) is 0. The number of rotatable bonds is 7. The van der Waals surface area contributed by atoms with Gasteiger partial charge < -0.3 is 5.32 Å². The van der Waals surface area contributed by atoms with Crippen molar-refractivity contribution in [3.05, 3.63) is 52.4 Å². The summed E-state index contributed by atoms with van der Waals surface area (Å²) in [4.78, 5) is 13.3. The van der Waals surface area contributed by atoms with Gasteiger partial charge in [-0.25, -0.2) is 0 Å². The Balaban J connectivity index is 1.39. The van der Waals surface area contributed by atoms with Crippen LogP contribution in [0.5, 0.6) is 0 Å². The summed E-state index contributed by atoms with van der Waals surface area (Å²) in [5, 5.41) is 15.1. The maximum Gasteiger partial charge on any atom is 0.230 e. The van der Waals surface area contributed by atoms with Crippen LogP contribution in [0.2, 0.25) is 5.02 Å². The molecule has 0 bridgehead atoms. The molecular weight excluding hydrogens is 388 g/mol. The molecule has 0 spiro atoms. The zero-order valence-corrected chi connectivity index (χ0v) is 16.3. The Morgan fingerprint density at radius 1 is 1.27 bits per heavy atom. The monoisotopic (exact) mass is 404 g/mol. The van der Waals surface area contributed by atoms with E-state index in [1.165, 1.54) is 11.8 Å². The first kappa shape index (κ1) is 17.6. The van der Waals surface area contributed by atoms with E-state index >= 15 is 0 Å². The van der Waals surface area contributed by atoms with Crippen molar-refractivity contribution >= 4 is 40.6 Å². The average molecular weight is 405 g/mol. The largest absolute Gasteiger partial charge is 0.351 e. The number of thiophene rings is 1. The zero-order chi connectivity index (χ0) is 17.9. The number of carbonyl (C=O) groups excluding carboxylic acids is 1. The van der Waals surface area contributed by atoms with E-state index in [-0.39, 0.29) is 5.91 Å². The fourth-order valence-electron chi connectivity index (χ4n) is 2.63. The standard InChI is InChI=1S/C18H17ClN4OS2/c19-14-5-2-1-4-12(14)10-20-16(24)11-26-18-22-21-17(15-6-3-9-25-15)23(18)13-7-8-13/h1-6,9,13H,7-8,10-11H2,(H,20,24). The van der Waals surface area contributed by atoms with Gasteiger partial charge in [-0.05, 0) is 35.9 Å².